The SMILES string of the molecule is CCCC(=O)NCc1ccc(C(F)(F)F)c(-c2nc(-c3cnc(OCC4CC4)nc3)cc(=O)[nH]2)c1. The first-order chi connectivity index (χ1) is 16.7. The minimum atomic E-state index is -4.68. The van der Waals surface area contributed by atoms with Crippen molar-refractivity contribution >= 4 is 5.91 Å². The number of carbonyl (C=O) groups excluding carboxylic acids is 1. The van der Waals surface area contributed by atoms with Crippen molar-refractivity contribution < 1.29 is 22.7 Å². The Hall–Kier alpha value is -3.76. The van der Waals surface area contributed by atoms with E-state index in [1.54, 1.807) is 0 Å². The number of aromatic nitrogens is 4. The largest absolute Gasteiger partial charge is 0.463 e. The van der Waals surface area contributed by atoms with Crippen LogP contribution in [0, 0.1) is 5.92 Å². The second-order valence-electron chi connectivity index (χ2n) is 8.39. The van der Waals surface area contributed by atoms with Crippen molar-refractivity contribution in [3.05, 3.63) is 58.1 Å². The van der Waals surface area contributed by atoms with Crippen LogP contribution in [0.3, 0.4) is 0 Å². The van der Waals surface area contributed by atoms with Gasteiger partial charge in [-0.05, 0) is 42.9 Å². The van der Waals surface area contributed by atoms with Crippen LogP contribution in [0.2, 0.25) is 0 Å². The lowest BCUT2D eigenvalue weighted by molar-refractivity contribution is -0.137. The summed E-state index contributed by atoms with van der Waals surface area (Å²) < 4.78 is 46.8. The molecule has 4 rings (SSSR count). The molecule has 2 heterocycles. The number of rotatable bonds is 9. The number of aromatic amines is 1. The van der Waals surface area contributed by atoms with Gasteiger partial charge in [-0.3, -0.25) is 9.59 Å². The lowest BCUT2D eigenvalue weighted by atomic mass is 10.0. The smallest absolute Gasteiger partial charge is 0.417 e. The molecule has 1 aliphatic rings. The summed E-state index contributed by atoms with van der Waals surface area (Å²) in [7, 11) is 0. The number of nitrogens with zero attached hydrogens (tertiary/aromatic N) is 3. The quantitative estimate of drug-likeness (QED) is 0.470. The third-order valence-corrected chi connectivity index (χ3v) is 5.42. The monoisotopic (exact) mass is 487 g/mol. The summed E-state index contributed by atoms with van der Waals surface area (Å²) in [6.07, 6.45) is 1.33. The van der Waals surface area contributed by atoms with E-state index >= 15 is 0 Å². The first-order valence-electron chi connectivity index (χ1n) is 11.3. The van der Waals surface area contributed by atoms with E-state index < -0.39 is 17.3 Å². The van der Waals surface area contributed by atoms with Crippen LogP contribution in [0.5, 0.6) is 6.01 Å². The number of hydrogen-bond donors (Lipinski definition) is 2. The van der Waals surface area contributed by atoms with Crippen molar-refractivity contribution in [2.45, 2.75) is 45.3 Å². The van der Waals surface area contributed by atoms with Crippen LogP contribution >= 0.6 is 0 Å². The Bertz CT molecular complexity index is 1250. The van der Waals surface area contributed by atoms with Gasteiger partial charge >= 0.3 is 12.2 Å². The number of nitrogens with one attached hydrogen (secondary N) is 2. The minimum Gasteiger partial charge on any atom is -0.463 e. The van der Waals surface area contributed by atoms with E-state index in [1.165, 1.54) is 24.5 Å². The molecule has 1 aromatic carbocycles. The molecule has 1 fully saturated rings. The first-order valence-corrected chi connectivity index (χ1v) is 11.3. The summed E-state index contributed by atoms with van der Waals surface area (Å²) in [6.45, 7) is 2.43. The van der Waals surface area contributed by atoms with Crippen molar-refractivity contribution in [3.8, 4) is 28.7 Å². The predicted octanol–water partition coefficient (Wildman–Crippen LogP) is 4.12. The van der Waals surface area contributed by atoms with Gasteiger partial charge < -0.3 is 15.0 Å². The van der Waals surface area contributed by atoms with Crippen molar-refractivity contribution in [3.63, 3.8) is 0 Å². The third-order valence-electron chi connectivity index (χ3n) is 5.42. The van der Waals surface area contributed by atoms with E-state index in [2.05, 4.69) is 25.3 Å². The maximum absolute atomic E-state index is 13.8. The highest BCUT2D eigenvalue weighted by Crippen LogP contribution is 2.36. The zero-order chi connectivity index (χ0) is 25.0. The summed E-state index contributed by atoms with van der Waals surface area (Å²) in [5, 5.41) is 2.67. The Morgan fingerprint density at radius 3 is 2.60 bits per heavy atom. The highest BCUT2D eigenvalue weighted by molar-refractivity contribution is 5.76. The number of hydrogen-bond acceptors (Lipinski definition) is 6. The predicted molar refractivity (Wildman–Crippen MR) is 121 cm³/mol. The fourth-order valence-electron chi connectivity index (χ4n) is 3.39. The van der Waals surface area contributed by atoms with E-state index in [9.17, 15) is 22.8 Å². The van der Waals surface area contributed by atoms with Gasteiger partial charge in [-0.1, -0.05) is 13.0 Å². The molecule has 35 heavy (non-hydrogen) atoms. The molecule has 1 saturated carbocycles. The fraction of sp³-hybridized carbons (Fsp3) is 0.375. The normalized spacial score (nSPS) is 13.5. The lowest BCUT2D eigenvalue weighted by Crippen LogP contribution is -2.22. The zero-order valence-corrected chi connectivity index (χ0v) is 19.0. The van der Waals surface area contributed by atoms with Gasteiger partial charge in [-0.15, -0.1) is 0 Å². The van der Waals surface area contributed by atoms with Gasteiger partial charge in [0.1, 0.15) is 5.82 Å². The average molecular weight is 487 g/mol. The molecule has 0 aliphatic heterocycles. The number of halogens is 3. The topological polar surface area (TPSA) is 110 Å². The van der Waals surface area contributed by atoms with Crippen LogP contribution in [0.15, 0.2) is 41.5 Å². The molecule has 0 unspecified atom stereocenters. The van der Waals surface area contributed by atoms with Gasteiger partial charge in [0.05, 0.1) is 17.9 Å². The first kappa shape index (κ1) is 24.4. The van der Waals surface area contributed by atoms with E-state index in [4.69, 9.17) is 4.74 Å². The highest BCUT2D eigenvalue weighted by atomic mass is 19.4. The van der Waals surface area contributed by atoms with Crippen LogP contribution in [0.25, 0.3) is 22.6 Å². The summed E-state index contributed by atoms with van der Waals surface area (Å²) in [5.41, 5.74) is -0.981. The average Bonchev–Trinajstić information content (AvgIpc) is 3.65. The molecular formula is C24H24F3N5O3. The van der Waals surface area contributed by atoms with Gasteiger partial charge in [0, 0.05) is 42.6 Å². The number of H-pyrrole nitrogens is 1. The van der Waals surface area contributed by atoms with E-state index in [0.717, 1.165) is 25.0 Å². The van der Waals surface area contributed by atoms with Crippen LogP contribution in [-0.4, -0.2) is 32.4 Å². The van der Waals surface area contributed by atoms with Crippen molar-refractivity contribution in [1.82, 2.24) is 25.3 Å². The van der Waals surface area contributed by atoms with Gasteiger partial charge in [0.15, 0.2) is 0 Å². The van der Waals surface area contributed by atoms with Crippen LogP contribution in [0.4, 0.5) is 13.2 Å². The van der Waals surface area contributed by atoms with Gasteiger partial charge in [0.2, 0.25) is 5.91 Å². The maximum atomic E-state index is 13.8. The summed E-state index contributed by atoms with van der Waals surface area (Å²) >= 11 is 0. The van der Waals surface area contributed by atoms with E-state index in [-0.39, 0.29) is 35.5 Å². The minimum absolute atomic E-state index is 0.0457. The number of amides is 1. The molecule has 0 bridgehead atoms. The van der Waals surface area contributed by atoms with Crippen LogP contribution < -0.4 is 15.6 Å². The van der Waals surface area contributed by atoms with Gasteiger partial charge in [-0.25, -0.2) is 15.0 Å². The van der Waals surface area contributed by atoms with Gasteiger partial charge in [0.25, 0.3) is 5.56 Å². The number of benzene rings is 1. The number of alkyl halides is 3. The molecule has 184 valence electrons. The zero-order valence-electron chi connectivity index (χ0n) is 19.0. The van der Waals surface area contributed by atoms with E-state index in [0.29, 0.717) is 36.5 Å². The van der Waals surface area contributed by atoms with Crippen LogP contribution in [0.1, 0.15) is 43.7 Å². The Balaban J connectivity index is 1.65. The molecule has 0 saturated heterocycles. The Morgan fingerprint density at radius 1 is 1.20 bits per heavy atom. The third kappa shape index (κ3) is 6.43. The second kappa shape index (κ2) is 10.2. The molecule has 2 aromatic heterocycles. The maximum Gasteiger partial charge on any atom is 0.417 e. The molecular weight excluding hydrogens is 463 g/mol. The molecule has 2 N–H and O–H groups in total. The lowest BCUT2D eigenvalue weighted by Gasteiger charge is -2.15. The second-order valence-corrected chi connectivity index (χ2v) is 8.39. The Morgan fingerprint density at radius 2 is 1.94 bits per heavy atom. The molecule has 8 nitrogen and oxygen atoms in total. The van der Waals surface area contributed by atoms with Crippen LogP contribution in [-0.2, 0) is 17.5 Å². The Kier molecular flexibility index (Phi) is 7.13. The molecule has 0 atom stereocenters. The van der Waals surface area contributed by atoms with Gasteiger partial charge in [-0.2, -0.15) is 13.2 Å². The summed E-state index contributed by atoms with van der Waals surface area (Å²) in [6, 6.07) is 4.81. The van der Waals surface area contributed by atoms with Crippen molar-refractivity contribution in [2.24, 2.45) is 5.92 Å². The highest BCUT2D eigenvalue weighted by Gasteiger charge is 2.34. The molecule has 1 amide bonds. The summed E-state index contributed by atoms with van der Waals surface area (Å²) in [4.78, 5) is 39.0. The molecule has 1 aliphatic carbocycles. The fourth-order valence-corrected chi connectivity index (χ4v) is 3.39. The van der Waals surface area contributed by atoms with Crippen molar-refractivity contribution in [2.75, 3.05) is 6.61 Å². The molecule has 3 aromatic rings. The Labute approximate surface area is 199 Å². The summed E-state index contributed by atoms with van der Waals surface area (Å²) in [5.74, 6) is 0.0661. The molecule has 0 radical (unpaired) electrons. The number of ether oxygens (including phenoxy) is 1. The van der Waals surface area contributed by atoms with Crippen molar-refractivity contribution in [1.29, 1.82) is 0 Å². The van der Waals surface area contributed by atoms with E-state index in [1.807, 2.05) is 6.92 Å². The molecule has 0 spiro atoms. The molecule has 11 heteroatoms. The number of carbonyl (C=O) groups is 1. The standard InChI is InChI=1S/C24H24F3N5O3/c1-2-3-20(33)28-10-15-6-7-18(24(25,26)27)17(8-15)22-31-19(9-21(34)32-22)16-11-29-23(30-12-16)35-13-14-4-5-14/h6-9,11-12,14H,2-5,10,13H2,1H3,(H,28,33)(H,31,32,34).